The molecular formula is C28H27N5O2S. The molecule has 0 radical (unpaired) electrons. The monoisotopic (exact) mass is 497 g/mol. The van der Waals surface area contributed by atoms with Gasteiger partial charge in [0.15, 0.2) is 5.16 Å². The number of para-hydroxylation sites is 1. The number of anilines is 1. The number of benzene rings is 3. The first-order valence-electron chi connectivity index (χ1n) is 11.8. The normalized spacial score (nSPS) is 11.5. The van der Waals surface area contributed by atoms with Crippen LogP contribution in [0.15, 0.2) is 76.7 Å². The van der Waals surface area contributed by atoms with E-state index in [9.17, 15) is 9.59 Å². The fourth-order valence-electron chi connectivity index (χ4n) is 4.36. The molecule has 2 aromatic heterocycles. The first-order valence-corrected chi connectivity index (χ1v) is 12.8. The maximum absolute atomic E-state index is 13.5. The Labute approximate surface area is 213 Å². The minimum atomic E-state index is -0.158. The van der Waals surface area contributed by atoms with E-state index >= 15 is 0 Å². The SMILES string of the molecule is Cc1cc(C)cc(-n2c(=O)c3ccccc3n3c(SCC(=O)Nc4ccc(C(C)C)cc4)nnc23)c1. The number of hydrogen-bond acceptors (Lipinski definition) is 5. The molecule has 7 nitrogen and oxygen atoms in total. The number of amides is 1. The molecule has 0 bridgehead atoms. The van der Waals surface area contributed by atoms with E-state index in [2.05, 4.69) is 35.4 Å². The molecule has 0 aliphatic carbocycles. The van der Waals surface area contributed by atoms with Crippen LogP contribution in [-0.2, 0) is 4.79 Å². The van der Waals surface area contributed by atoms with Crippen LogP contribution < -0.4 is 10.9 Å². The molecule has 1 amide bonds. The van der Waals surface area contributed by atoms with Crippen molar-refractivity contribution in [3.63, 3.8) is 0 Å². The van der Waals surface area contributed by atoms with Crippen molar-refractivity contribution in [3.05, 3.63) is 93.8 Å². The van der Waals surface area contributed by atoms with Crippen molar-refractivity contribution < 1.29 is 4.79 Å². The molecule has 5 rings (SSSR count). The summed E-state index contributed by atoms with van der Waals surface area (Å²) >= 11 is 1.28. The zero-order valence-corrected chi connectivity index (χ0v) is 21.5. The maximum atomic E-state index is 13.5. The van der Waals surface area contributed by atoms with Gasteiger partial charge in [-0.25, -0.2) is 4.57 Å². The van der Waals surface area contributed by atoms with E-state index in [1.807, 2.05) is 72.8 Å². The first kappa shape index (κ1) is 23.8. The average Bonchev–Trinajstić information content (AvgIpc) is 3.26. The number of nitrogens with zero attached hydrogens (tertiary/aromatic N) is 4. The number of carbonyl (C=O) groups is 1. The van der Waals surface area contributed by atoms with Crippen molar-refractivity contribution >= 4 is 40.0 Å². The van der Waals surface area contributed by atoms with Gasteiger partial charge in [-0.1, -0.05) is 55.9 Å². The van der Waals surface area contributed by atoms with Gasteiger partial charge in [0, 0.05) is 5.69 Å². The fourth-order valence-corrected chi connectivity index (χ4v) is 5.10. The highest BCUT2D eigenvalue weighted by Gasteiger charge is 2.19. The van der Waals surface area contributed by atoms with E-state index in [0.717, 1.165) is 22.5 Å². The predicted molar refractivity (Wildman–Crippen MR) is 145 cm³/mol. The van der Waals surface area contributed by atoms with Gasteiger partial charge in [0.25, 0.3) is 5.56 Å². The van der Waals surface area contributed by atoms with Crippen LogP contribution in [0.2, 0.25) is 0 Å². The third kappa shape index (κ3) is 4.52. The molecule has 2 heterocycles. The molecule has 0 aliphatic rings. The summed E-state index contributed by atoms with van der Waals surface area (Å²) in [5.41, 5.74) is 5.36. The Bertz CT molecular complexity index is 1630. The van der Waals surface area contributed by atoms with Gasteiger partial charge in [0.05, 0.1) is 22.3 Å². The number of rotatable bonds is 6. The van der Waals surface area contributed by atoms with Gasteiger partial charge >= 0.3 is 0 Å². The Hall–Kier alpha value is -3.91. The van der Waals surface area contributed by atoms with Crippen LogP contribution >= 0.6 is 11.8 Å². The Morgan fingerprint density at radius 2 is 1.67 bits per heavy atom. The van der Waals surface area contributed by atoms with Crippen molar-refractivity contribution in [1.29, 1.82) is 0 Å². The second kappa shape index (κ2) is 9.62. The van der Waals surface area contributed by atoms with Crippen molar-refractivity contribution in [3.8, 4) is 5.69 Å². The lowest BCUT2D eigenvalue weighted by atomic mass is 10.0. The number of thioether (sulfide) groups is 1. The van der Waals surface area contributed by atoms with Crippen LogP contribution in [-0.4, -0.2) is 30.8 Å². The van der Waals surface area contributed by atoms with Gasteiger partial charge in [-0.3, -0.25) is 14.0 Å². The number of nitrogens with one attached hydrogen (secondary N) is 1. The van der Waals surface area contributed by atoms with Crippen LogP contribution in [0.3, 0.4) is 0 Å². The van der Waals surface area contributed by atoms with Gasteiger partial charge in [-0.15, -0.1) is 10.2 Å². The summed E-state index contributed by atoms with van der Waals surface area (Å²) in [6, 6.07) is 21.3. The Morgan fingerprint density at radius 1 is 0.972 bits per heavy atom. The standard InChI is InChI=1S/C28H27N5O2S/c1-17(2)20-9-11-21(12-10-20)29-25(34)16-36-28-31-30-27-32(22-14-18(3)13-19(4)15-22)26(35)23-7-5-6-8-24(23)33(27)28/h5-15,17H,16H2,1-4H3,(H,29,34). The molecule has 0 unspecified atom stereocenters. The fraction of sp³-hybridized carbons (Fsp3) is 0.214. The minimum Gasteiger partial charge on any atom is -0.325 e. The predicted octanol–water partition coefficient (Wildman–Crippen LogP) is 5.50. The van der Waals surface area contributed by atoms with Crippen molar-refractivity contribution in [2.45, 2.75) is 38.8 Å². The number of aromatic nitrogens is 4. The average molecular weight is 498 g/mol. The van der Waals surface area contributed by atoms with E-state index in [1.165, 1.54) is 17.3 Å². The van der Waals surface area contributed by atoms with Crippen LogP contribution in [0.1, 0.15) is 36.5 Å². The summed E-state index contributed by atoms with van der Waals surface area (Å²) in [5.74, 6) is 0.864. The first-order chi connectivity index (χ1) is 17.3. The smallest absolute Gasteiger partial charge is 0.267 e. The number of fused-ring (bicyclic) bond motifs is 3. The summed E-state index contributed by atoms with van der Waals surface area (Å²) < 4.78 is 3.44. The highest BCUT2D eigenvalue weighted by Crippen LogP contribution is 2.24. The summed E-state index contributed by atoms with van der Waals surface area (Å²) in [6.07, 6.45) is 0. The Balaban J connectivity index is 1.50. The van der Waals surface area contributed by atoms with Crippen molar-refractivity contribution in [1.82, 2.24) is 19.2 Å². The number of hydrogen-bond donors (Lipinski definition) is 1. The van der Waals surface area contributed by atoms with Crippen LogP contribution in [0.5, 0.6) is 0 Å². The molecule has 0 saturated carbocycles. The quantitative estimate of drug-likeness (QED) is 0.313. The lowest BCUT2D eigenvalue weighted by molar-refractivity contribution is -0.113. The summed E-state index contributed by atoms with van der Waals surface area (Å²) in [5, 5.41) is 12.8. The van der Waals surface area contributed by atoms with E-state index in [-0.39, 0.29) is 17.2 Å². The highest BCUT2D eigenvalue weighted by molar-refractivity contribution is 7.99. The topological polar surface area (TPSA) is 81.3 Å². The molecule has 0 atom stereocenters. The van der Waals surface area contributed by atoms with Crippen molar-refractivity contribution in [2.24, 2.45) is 0 Å². The molecule has 1 N–H and O–H groups in total. The summed E-state index contributed by atoms with van der Waals surface area (Å²) in [4.78, 5) is 26.2. The van der Waals surface area contributed by atoms with Crippen molar-refractivity contribution in [2.75, 3.05) is 11.1 Å². The minimum absolute atomic E-state index is 0.138. The second-order valence-corrected chi connectivity index (χ2v) is 10.2. The zero-order chi connectivity index (χ0) is 25.4. The third-order valence-corrected chi connectivity index (χ3v) is 6.98. The second-order valence-electron chi connectivity index (χ2n) is 9.24. The van der Waals surface area contributed by atoms with Gasteiger partial charge < -0.3 is 5.32 Å². The number of aryl methyl sites for hydroxylation is 2. The van der Waals surface area contributed by atoms with Gasteiger partial charge in [0.1, 0.15) is 0 Å². The molecule has 0 fully saturated rings. The molecule has 3 aromatic carbocycles. The summed E-state index contributed by atoms with van der Waals surface area (Å²) in [7, 11) is 0. The van der Waals surface area contributed by atoms with Gasteiger partial charge in [-0.2, -0.15) is 0 Å². The lowest BCUT2D eigenvalue weighted by Gasteiger charge is -2.12. The van der Waals surface area contributed by atoms with Gasteiger partial charge in [-0.05, 0) is 72.9 Å². The van der Waals surface area contributed by atoms with E-state index < -0.39 is 0 Å². The molecule has 36 heavy (non-hydrogen) atoms. The van der Waals surface area contributed by atoms with Crippen LogP contribution in [0.25, 0.3) is 22.4 Å². The van der Waals surface area contributed by atoms with E-state index in [1.54, 1.807) is 10.6 Å². The molecule has 0 aliphatic heterocycles. The Kier molecular flexibility index (Phi) is 6.36. The van der Waals surface area contributed by atoms with E-state index in [4.69, 9.17) is 0 Å². The molecule has 8 heteroatoms. The van der Waals surface area contributed by atoms with E-state index in [0.29, 0.717) is 27.8 Å². The Morgan fingerprint density at radius 3 is 2.36 bits per heavy atom. The maximum Gasteiger partial charge on any atom is 0.267 e. The molecule has 0 spiro atoms. The molecule has 182 valence electrons. The van der Waals surface area contributed by atoms with Gasteiger partial charge in [0.2, 0.25) is 11.7 Å². The number of carbonyl (C=O) groups excluding carboxylic acids is 1. The molecular weight excluding hydrogens is 470 g/mol. The lowest BCUT2D eigenvalue weighted by Crippen LogP contribution is -2.22. The van der Waals surface area contributed by atoms with Crippen LogP contribution in [0, 0.1) is 13.8 Å². The zero-order valence-electron chi connectivity index (χ0n) is 20.6. The summed E-state index contributed by atoms with van der Waals surface area (Å²) in [6.45, 7) is 8.27. The largest absolute Gasteiger partial charge is 0.325 e. The van der Waals surface area contributed by atoms with Crippen LogP contribution in [0.4, 0.5) is 5.69 Å². The molecule has 5 aromatic rings. The third-order valence-electron chi connectivity index (χ3n) is 6.05. The highest BCUT2D eigenvalue weighted by atomic mass is 32.2. The molecule has 0 saturated heterocycles.